The Morgan fingerprint density at radius 1 is 0.378 bits per heavy atom. The lowest BCUT2D eigenvalue weighted by atomic mass is 9.92. The zero-order valence-corrected chi connectivity index (χ0v) is 24.3. The largest absolute Gasteiger partial charge is 0.456 e. The lowest BCUT2D eigenvalue weighted by molar-refractivity contribution is 0.631. The molecule has 3 heteroatoms. The fourth-order valence-corrected chi connectivity index (χ4v) is 6.48. The van der Waals surface area contributed by atoms with Gasteiger partial charge >= 0.3 is 0 Å². The lowest BCUT2D eigenvalue weighted by Gasteiger charge is -2.15. The van der Waals surface area contributed by atoms with E-state index in [9.17, 15) is 0 Å². The second-order valence-electron chi connectivity index (χ2n) is 11.4. The van der Waals surface area contributed by atoms with Gasteiger partial charge in [-0.2, -0.15) is 0 Å². The van der Waals surface area contributed by atoms with E-state index in [2.05, 4.69) is 133 Å². The number of hydrogen-bond acceptors (Lipinski definition) is 3. The highest BCUT2D eigenvalue weighted by atomic mass is 16.3. The first-order valence-corrected chi connectivity index (χ1v) is 15.2. The van der Waals surface area contributed by atoms with Crippen LogP contribution in [0, 0.1) is 0 Å². The number of rotatable bonds is 4. The zero-order valence-electron chi connectivity index (χ0n) is 24.3. The van der Waals surface area contributed by atoms with Crippen LogP contribution in [0.1, 0.15) is 0 Å². The summed E-state index contributed by atoms with van der Waals surface area (Å²) in [6.45, 7) is 0. The summed E-state index contributed by atoms with van der Waals surface area (Å²) in [5.74, 6) is 1.54. The van der Waals surface area contributed by atoms with Crippen LogP contribution in [0.4, 0.5) is 0 Å². The van der Waals surface area contributed by atoms with Crippen molar-refractivity contribution in [1.29, 1.82) is 0 Å². The van der Waals surface area contributed by atoms with Crippen molar-refractivity contribution in [2.24, 2.45) is 0 Å². The minimum atomic E-state index is 0.706. The highest BCUT2D eigenvalue weighted by Gasteiger charge is 2.18. The molecule has 0 saturated heterocycles. The van der Waals surface area contributed by atoms with Crippen LogP contribution in [0.2, 0.25) is 0 Å². The van der Waals surface area contributed by atoms with Crippen LogP contribution in [0.15, 0.2) is 162 Å². The van der Waals surface area contributed by atoms with E-state index < -0.39 is 0 Å². The molecule has 0 aliphatic carbocycles. The first-order valence-electron chi connectivity index (χ1n) is 15.2. The van der Waals surface area contributed by atoms with E-state index in [0.717, 1.165) is 61.1 Å². The van der Waals surface area contributed by atoms with Crippen molar-refractivity contribution in [3.05, 3.63) is 158 Å². The number of nitrogens with zero attached hydrogens (tertiary/aromatic N) is 2. The lowest BCUT2D eigenvalue weighted by Crippen LogP contribution is -1.98. The maximum atomic E-state index is 6.23. The number of benzene rings is 7. The number of hydrogen-bond donors (Lipinski definition) is 0. The van der Waals surface area contributed by atoms with Crippen LogP contribution < -0.4 is 0 Å². The van der Waals surface area contributed by atoms with Crippen molar-refractivity contribution in [1.82, 2.24) is 9.97 Å². The minimum Gasteiger partial charge on any atom is -0.456 e. The average Bonchev–Trinajstić information content (AvgIpc) is 3.55. The molecule has 0 saturated carbocycles. The van der Waals surface area contributed by atoms with E-state index in [4.69, 9.17) is 14.4 Å². The number of para-hydroxylation sites is 1. The van der Waals surface area contributed by atoms with Crippen molar-refractivity contribution in [3.8, 4) is 45.2 Å². The van der Waals surface area contributed by atoms with Crippen molar-refractivity contribution < 1.29 is 4.42 Å². The Balaban J connectivity index is 1.31. The Bertz CT molecular complexity index is 2510. The van der Waals surface area contributed by atoms with Crippen LogP contribution in [0.3, 0.4) is 0 Å². The van der Waals surface area contributed by atoms with Gasteiger partial charge in [-0.1, -0.05) is 127 Å². The summed E-state index contributed by atoms with van der Waals surface area (Å²) in [6, 6.07) is 54.9. The van der Waals surface area contributed by atoms with Crippen molar-refractivity contribution in [2.45, 2.75) is 0 Å². The predicted molar refractivity (Wildman–Crippen MR) is 186 cm³/mol. The smallest absolute Gasteiger partial charge is 0.161 e. The van der Waals surface area contributed by atoms with E-state index >= 15 is 0 Å². The average molecular weight is 575 g/mol. The molecule has 0 N–H and O–H groups in total. The van der Waals surface area contributed by atoms with Crippen molar-refractivity contribution >= 4 is 43.3 Å². The van der Waals surface area contributed by atoms with E-state index in [0.29, 0.717) is 5.82 Å². The molecule has 2 heterocycles. The van der Waals surface area contributed by atoms with Gasteiger partial charge in [0.15, 0.2) is 5.82 Å². The molecule has 7 aromatic carbocycles. The van der Waals surface area contributed by atoms with Gasteiger partial charge in [-0.05, 0) is 62.6 Å². The van der Waals surface area contributed by atoms with Gasteiger partial charge < -0.3 is 4.42 Å². The van der Waals surface area contributed by atoms with E-state index in [-0.39, 0.29) is 0 Å². The molecule has 0 bridgehead atoms. The Morgan fingerprint density at radius 3 is 1.89 bits per heavy atom. The highest BCUT2D eigenvalue weighted by molar-refractivity contribution is 6.19. The third-order valence-electron chi connectivity index (χ3n) is 8.66. The summed E-state index contributed by atoms with van der Waals surface area (Å²) in [5.41, 5.74) is 6.72. The summed E-state index contributed by atoms with van der Waals surface area (Å²) in [4.78, 5) is 10.6. The normalized spacial score (nSPS) is 11.6. The molecule has 0 aliphatic rings. The molecular weight excluding hydrogens is 548 g/mol. The van der Waals surface area contributed by atoms with Crippen molar-refractivity contribution in [3.63, 3.8) is 0 Å². The Kier molecular flexibility index (Phi) is 5.82. The zero-order chi connectivity index (χ0) is 29.7. The Labute approximate surface area is 260 Å². The second kappa shape index (κ2) is 10.3. The Morgan fingerprint density at radius 2 is 1.04 bits per heavy atom. The maximum absolute atomic E-state index is 6.23. The van der Waals surface area contributed by atoms with Gasteiger partial charge in [0, 0.05) is 27.6 Å². The first-order chi connectivity index (χ1) is 22.3. The van der Waals surface area contributed by atoms with Gasteiger partial charge in [-0.25, -0.2) is 9.97 Å². The summed E-state index contributed by atoms with van der Waals surface area (Å²) in [6.07, 6.45) is 0. The third kappa shape index (κ3) is 4.37. The number of fused-ring (bicyclic) bond motifs is 5. The monoisotopic (exact) mass is 574 g/mol. The molecule has 0 unspecified atom stereocenters. The van der Waals surface area contributed by atoms with E-state index in [1.54, 1.807) is 0 Å². The fourth-order valence-electron chi connectivity index (χ4n) is 6.48. The summed E-state index contributed by atoms with van der Waals surface area (Å²) < 4.78 is 6.23. The number of aromatic nitrogens is 2. The van der Waals surface area contributed by atoms with Crippen LogP contribution in [-0.4, -0.2) is 9.97 Å². The summed E-state index contributed by atoms with van der Waals surface area (Å²) in [5, 5.41) is 8.16. The van der Waals surface area contributed by atoms with E-state index in [1.165, 1.54) is 21.5 Å². The molecule has 0 amide bonds. The molecule has 3 nitrogen and oxygen atoms in total. The number of furan rings is 1. The van der Waals surface area contributed by atoms with Gasteiger partial charge in [0.25, 0.3) is 0 Å². The van der Waals surface area contributed by atoms with Crippen LogP contribution in [-0.2, 0) is 0 Å². The molecule has 9 aromatic rings. The quantitative estimate of drug-likeness (QED) is 0.155. The van der Waals surface area contributed by atoms with Crippen LogP contribution in [0.25, 0.3) is 88.5 Å². The SMILES string of the molecule is c1ccc(-c2cc(-c3cccc(-c4cc5ccccc5o4)c3)nc(-c3c4ccccc4cc4c3ccc3ccccc34)n2)cc1. The molecule has 210 valence electrons. The van der Waals surface area contributed by atoms with Crippen molar-refractivity contribution in [2.75, 3.05) is 0 Å². The highest BCUT2D eigenvalue weighted by Crippen LogP contribution is 2.40. The first kappa shape index (κ1) is 25.4. The summed E-state index contributed by atoms with van der Waals surface area (Å²) >= 11 is 0. The van der Waals surface area contributed by atoms with Crippen LogP contribution >= 0.6 is 0 Å². The maximum Gasteiger partial charge on any atom is 0.161 e. The fraction of sp³-hybridized carbons (Fsp3) is 0. The van der Waals surface area contributed by atoms with Gasteiger partial charge in [-0.3, -0.25) is 0 Å². The molecule has 0 fully saturated rings. The molecule has 9 rings (SSSR count). The predicted octanol–water partition coefficient (Wildman–Crippen LogP) is 11.4. The van der Waals surface area contributed by atoms with Crippen LogP contribution in [0.5, 0.6) is 0 Å². The third-order valence-corrected chi connectivity index (χ3v) is 8.66. The van der Waals surface area contributed by atoms with Gasteiger partial charge in [0.2, 0.25) is 0 Å². The molecule has 0 spiro atoms. The topological polar surface area (TPSA) is 38.9 Å². The molecule has 0 atom stereocenters. The standard InChI is InChI=1S/C42H26N2O/c1-2-12-28(13-3-1)37-26-38(30-16-10-17-31(23-30)40-25-32-15-6-9-20-39(32)45-40)44-42(43-37)41-34-19-8-5-14-29(34)24-36-33-18-7-4-11-27(33)21-22-35(36)41/h1-26H. The molecule has 2 aromatic heterocycles. The van der Waals surface area contributed by atoms with E-state index in [1.807, 2.05) is 24.3 Å². The molecular formula is C42H26N2O. The molecule has 0 aliphatic heterocycles. The minimum absolute atomic E-state index is 0.706. The Hall–Kier alpha value is -6.06. The molecule has 0 radical (unpaired) electrons. The second-order valence-corrected chi connectivity index (χ2v) is 11.4. The molecule has 45 heavy (non-hydrogen) atoms. The summed E-state index contributed by atoms with van der Waals surface area (Å²) in [7, 11) is 0. The van der Waals surface area contributed by atoms with Gasteiger partial charge in [0.05, 0.1) is 11.4 Å². The van der Waals surface area contributed by atoms with Gasteiger partial charge in [0.1, 0.15) is 11.3 Å². The van der Waals surface area contributed by atoms with Gasteiger partial charge in [-0.15, -0.1) is 0 Å².